The number of nitrogens with two attached hydrogens (primary N) is 1. The second kappa shape index (κ2) is 6.57. The fourth-order valence-corrected chi connectivity index (χ4v) is 2.57. The molecule has 0 aliphatic heterocycles. The summed E-state index contributed by atoms with van der Waals surface area (Å²) in [7, 11) is 0. The van der Waals surface area contributed by atoms with Gasteiger partial charge in [-0.2, -0.15) is 18.3 Å². The molecule has 10 heteroatoms. The van der Waals surface area contributed by atoms with E-state index in [-0.39, 0.29) is 29.8 Å². The molecule has 0 spiro atoms. The molecule has 0 aromatic carbocycles. The third kappa shape index (κ3) is 4.44. The standard InChI is InChI=1S/C13H16F3N5OS/c1-7(4-18-11(22)9-6-23-12(17)19-9)5-21-10(13(14,15)16)3-8(2)20-21/h3,6-7H,4-5H2,1-2H3,(H2,17,19)(H,18,22)/t7-/m0/s1. The average Bonchev–Trinajstić information content (AvgIpc) is 3.02. The molecular formula is C13H16F3N5OS. The Kier molecular flexibility index (Phi) is 4.93. The molecule has 3 N–H and O–H groups in total. The number of halogens is 3. The molecule has 0 aliphatic carbocycles. The highest BCUT2D eigenvalue weighted by atomic mass is 32.1. The van der Waals surface area contributed by atoms with E-state index in [0.29, 0.717) is 5.69 Å². The first-order valence-corrected chi connectivity index (χ1v) is 7.65. The van der Waals surface area contributed by atoms with Crippen molar-refractivity contribution in [3.05, 3.63) is 28.5 Å². The predicted molar refractivity (Wildman–Crippen MR) is 80.0 cm³/mol. The van der Waals surface area contributed by atoms with Gasteiger partial charge in [0.05, 0.1) is 5.69 Å². The molecule has 126 valence electrons. The molecule has 0 aliphatic rings. The summed E-state index contributed by atoms with van der Waals surface area (Å²) >= 11 is 1.14. The van der Waals surface area contributed by atoms with E-state index in [4.69, 9.17) is 5.73 Å². The van der Waals surface area contributed by atoms with Gasteiger partial charge in [-0.3, -0.25) is 9.48 Å². The molecular weight excluding hydrogens is 331 g/mol. The van der Waals surface area contributed by atoms with Gasteiger partial charge in [0.15, 0.2) is 5.13 Å². The lowest BCUT2D eigenvalue weighted by atomic mass is 10.2. The summed E-state index contributed by atoms with van der Waals surface area (Å²) in [6.45, 7) is 3.48. The zero-order chi connectivity index (χ0) is 17.2. The minimum absolute atomic E-state index is 0.0438. The second-order valence-corrected chi connectivity index (χ2v) is 6.13. The van der Waals surface area contributed by atoms with Crippen LogP contribution in [0.3, 0.4) is 0 Å². The molecule has 0 bridgehead atoms. The molecule has 0 fully saturated rings. The van der Waals surface area contributed by atoms with Crippen molar-refractivity contribution in [2.75, 3.05) is 12.3 Å². The van der Waals surface area contributed by atoms with E-state index in [1.807, 2.05) is 0 Å². The molecule has 2 aromatic heterocycles. The highest BCUT2D eigenvalue weighted by Gasteiger charge is 2.35. The lowest BCUT2D eigenvalue weighted by Crippen LogP contribution is -2.31. The maximum atomic E-state index is 12.9. The minimum atomic E-state index is -4.46. The van der Waals surface area contributed by atoms with E-state index in [0.717, 1.165) is 22.1 Å². The molecule has 1 amide bonds. The number of rotatable bonds is 5. The van der Waals surface area contributed by atoms with Crippen molar-refractivity contribution < 1.29 is 18.0 Å². The zero-order valence-electron chi connectivity index (χ0n) is 12.5. The van der Waals surface area contributed by atoms with Crippen LogP contribution in [0.2, 0.25) is 0 Å². The largest absolute Gasteiger partial charge is 0.433 e. The van der Waals surface area contributed by atoms with Crippen LogP contribution in [0.4, 0.5) is 18.3 Å². The summed E-state index contributed by atoms with van der Waals surface area (Å²) in [6, 6.07) is 1.00. The third-order valence-electron chi connectivity index (χ3n) is 3.04. The number of aromatic nitrogens is 3. The molecule has 6 nitrogen and oxygen atoms in total. The van der Waals surface area contributed by atoms with Crippen molar-refractivity contribution in [2.24, 2.45) is 5.92 Å². The van der Waals surface area contributed by atoms with E-state index in [9.17, 15) is 18.0 Å². The number of nitrogen functional groups attached to an aromatic ring is 1. The molecule has 2 aromatic rings. The van der Waals surface area contributed by atoms with Crippen LogP contribution in [-0.4, -0.2) is 27.2 Å². The van der Waals surface area contributed by atoms with Crippen LogP contribution in [0.5, 0.6) is 0 Å². The monoisotopic (exact) mass is 347 g/mol. The Morgan fingerprint density at radius 1 is 1.52 bits per heavy atom. The van der Waals surface area contributed by atoms with E-state index in [1.165, 1.54) is 12.3 Å². The Morgan fingerprint density at radius 3 is 2.78 bits per heavy atom. The zero-order valence-corrected chi connectivity index (χ0v) is 13.3. The maximum absolute atomic E-state index is 12.9. The van der Waals surface area contributed by atoms with Crippen LogP contribution in [0.25, 0.3) is 0 Å². The van der Waals surface area contributed by atoms with Gasteiger partial charge >= 0.3 is 6.18 Å². The fourth-order valence-electron chi connectivity index (χ4n) is 2.02. The van der Waals surface area contributed by atoms with Gasteiger partial charge < -0.3 is 11.1 Å². The van der Waals surface area contributed by atoms with Crippen molar-refractivity contribution >= 4 is 22.4 Å². The maximum Gasteiger partial charge on any atom is 0.433 e. The summed E-state index contributed by atoms with van der Waals surface area (Å²) in [6.07, 6.45) is -4.46. The summed E-state index contributed by atoms with van der Waals surface area (Å²) in [5.41, 5.74) is 5.15. The van der Waals surface area contributed by atoms with Crippen molar-refractivity contribution in [1.82, 2.24) is 20.1 Å². The number of carbonyl (C=O) groups is 1. The summed E-state index contributed by atoms with van der Waals surface area (Å²) < 4.78 is 39.6. The Balaban J connectivity index is 1.95. The number of aryl methyl sites for hydroxylation is 1. The second-order valence-electron chi connectivity index (χ2n) is 5.24. The average molecular weight is 347 g/mol. The number of alkyl halides is 3. The van der Waals surface area contributed by atoms with Gasteiger partial charge in [0.25, 0.3) is 5.91 Å². The number of nitrogens with zero attached hydrogens (tertiary/aromatic N) is 3. The van der Waals surface area contributed by atoms with E-state index in [2.05, 4.69) is 15.4 Å². The summed E-state index contributed by atoms with van der Waals surface area (Å²) in [5.74, 6) is -0.646. The molecule has 0 saturated heterocycles. The first-order chi connectivity index (χ1) is 10.7. The number of amides is 1. The van der Waals surface area contributed by atoms with Gasteiger partial charge in [-0.15, -0.1) is 11.3 Å². The van der Waals surface area contributed by atoms with Crippen LogP contribution in [0.15, 0.2) is 11.4 Å². The van der Waals surface area contributed by atoms with Crippen molar-refractivity contribution in [1.29, 1.82) is 0 Å². The molecule has 0 unspecified atom stereocenters. The van der Waals surface area contributed by atoms with Gasteiger partial charge in [0.2, 0.25) is 0 Å². The van der Waals surface area contributed by atoms with Gasteiger partial charge in [-0.25, -0.2) is 4.98 Å². The number of hydrogen-bond acceptors (Lipinski definition) is 5. The Hall–Kier alpha value is -2.10. The number of nitrogens with one attached hydrogen (secondary N) is 1. The quantitative estimate of drug-likeness (QED) is 0.869. The lowest BCUT2D eigenvalue weighted by Gasteiger charge is -2.15. The lowest BCUT2D eigenvalue weighted by molar-refractivity contribution is -0.144. The van der Waals surface area contributed by atoms with Gasteiger partial charge in [-0.05, 0) is 18.9 Å². The first-order valence-electron chi connectivity index (χ1n) is 6.77. The fraction of sp³-hybridized carbons (Fsp3) is 0.462. The van der Waals surface area contributed by atoms with Crippen LogP contribution < -0.4 is 11.1 Å². The Bertz CT molecular complexity index is 694. The van der Waals surface area contributed by atoms with E-state index in [1.54, 1.807) is 6.92 Å². The topological polar surface area (TPSA) is 85.8 Å². The molecule has 2 heterocycles. The minimum Gasteiger partial charge on any atom is -0.375 e. The number of hydrogen-bond donors (Lipinski definition) is 2. The normalized spacial score (nSPS) is 13.1. The van der Waals surface area contributed by atoms with E-state index < -0.39 is 17.8 Å². The highest BCUT2D eigenvalue weighted by molar-refractivity contribution is 7.13. The molecule has 23 heavy (non-hydrogen) atoms. The summed E-state index contributed by atoms with van der Waals surface area (Å²) in [4.78, 5) is 15.7. The third-order valence-corrected chi connectivity index (χ3v) is 3.72. The van der Waals surface area contributed by atoms with Gasteiger partial charge in [0.1, 0.15) is 11.4 Å². The van der Waals surface area contributed by atoms with Gasteiger partial charge in [0, 0.05) is 18.5 Å². The van der Waals surface area contributed by atoms with Crippen molar-refractivity contribution in [2.45, 2.75) is 26.6 Å². The highest BCUT2D eigenvalue weighted by Crippen LogP contribution is 2.30. The molecule has 2 rings (SSSR count). The van der Waals surface area contributed by atoms with Gasteiger partial charge in [-0.1, -0.05) is 6.92 Å². The smallest absolute Gasteiger partial charge is 0.375 e. The van der Waals surface area contributed by atoms with E-state index >= 15 is 0 Å². The molecule has 1 atom stereocenters. The van der Waals surface area contributed by atoms with Crippen LogP contribution in [0.1, 0.15) is 28.8 Å². The summed E-state index contributed by atoms with van der Waals surface area (Å²) in [5, 5.41) is 8.29. The molecule has 0 saturated carbocycles. The van der Waals surface area contributed by atoms with Crippen LogP contribution in [-0.2, 0) is 12.7 Å². The van der Waals surface area contributed by atoms with Crippen molar-refractivity contribution in [3.8, 4) is 0 Å². The number of anilines is 1. The van der Waals surface area contributed by atoms with Crippen LogP contribution >= 0.6 is 11.3 Å². The SMILES string of the molecule is Cc1cc(C(F)(F)F)n(C[C@@H](C)CNC(=O)c2csc(N)n2)n1. The first kappa shape index (κ1) is 17.3. The Morgan fingerprint density at radius 2 is 2.22 bits per heavy atom. The predicted octanol–water partition coefficient (Wildman–Crippen LogP) is 2.32. The Labute approximate surface area is 134 Å². The number of thiazole rings is 1. The number of carbonyl (C=O) groups excluding carboxylic acids is 1. The molecule has 0 radical (unpaired) electrons. The van der Waals surface area contributed by atoms with Crippen LogP contribution in [0, 0.1) is 12.8 Å². The van der Waals surface area contributed by atoms with Crippen molar-refractivity contribution in [3.63, 3.8) is 0 Å².